The van der Waals surface area contributed by atoms with Crippen LogP contribution in [0, 0.1) is 0 Å². The highest BCUT2D eigenvalue weighted by molar-refractivity contribution is 6.44. The molecular formula is C10H11N5O3. The number of carbonyl (C=O) groups is 3. The Labute approximate surface area is 102 Å². The zero-order valence-corrected chi connectivity index (χ0v) is 9.58. The molecule has 1 fully saturated rings. The fourth-order valence-corrected chi connectivity index (χ4v) is 1.59. The lowest BCUT2D eigenvalue weighted by Gasteiger charge is -2.13. The van der Waals surface area contributed by atoms with Gasteiger partial charge in [0.15, 0.2) is 0 Å². The Morgan fingerprint density at radius 3 is 2.61 bits per heavy atom. The summed E-state index contributed by atoms with van der Waals surface area (Å²) in [5, 5.41) is 0. The zero-order valence-electron chi connectivity index (χ0n) is 9.58. The molecule has 0 spiro atoms. The van der Waals surface area contributed by atoms with E-state index in [0.717, 1.165) is 9.80 Å². The Morgan fingerprint density at radius 2 is 2.06 bits per heavy atom. The Kier molecular flexibility index (Phi) is 2.94. The molecule has 94 valence electrons. The van der Waals surface area contributed by atoms with E-state index in [1.165, 1.54) is 13.2 Å². The van der Waals surface area contributed by atoms with Crippen molar-refractivity contribution < 1.29 is 14.4 Å². The maximum atomic E-state index is 11.6. The number of hydrazine groups is 1. The number of hydrogen-bond donors (Lipinski definition) is 2. The average Bonchev–Trinajstić information content (AvgIpc) is 2.57. The van der Waals surface area contributed by atoms with Gasteiger partial charge < -0.3 is 5.43 Å². The summed E-state index contributed by atoms with van der Waals surface area (Å²) in [6.07, 6.45) is 1.49. The minimum Gasteiger partial charge on any atom is -0.308 e. The number of nitrogens with two attached hydrogens (primary N) is 1. The normalized spacial score (nSPS) is 15.6. The van der Waals surface area contributed by atoms with Crippen LogP contribution in [0.5, 0.6) is 0 Å². The van der Waals surface area contributed by atoms with Gasteiger partial charge in [-0.15, -0.1) is 0 Å². The van der Waals surface area contributed by atoms with E-state index in [1.807, 2.05) is 0 Å². The molecule has 0 saturated carbocycles. The van der Waals surface area contributed by atoms with Crippen LogP contribution in [0.4, 0.5) is 10.6 Å². The summed E-state index contributed by atoms with van der Waals surface area (Å²) in [6.45, 7) is 0.00491. The van der Waals surface area contributed by atoms with E-state index in [0.29, 0.717) is 11.4 Å². The average molecular weight is 249 g/mol. The van der Waals surface area contributed by atoms with Crippen molar-refractivity contribution in [2.75, 3.05) is 12.5 Å². The SMILES string of the molecule is CN1C(=O)C(=O)N(Cc2ccnc(NN)c2)C1=O. The molecule has 0 atom stereocenters. The Bertz CT molecular complexity index is 530. The second-order valence-electron chi connectivity index (χ2n) is 3.73. The molecule has 0 unspecified atom stereocenters. The lowest BCUT2D eigenvalue weighted by molar-refractivity contribution is -0.143. The number of nitrogen functional groups attached to an aromatic ring is 1. The lowest BCUT2D eigenvalue weighted by atomic mass is 10.2. The first-order valence-electron chi connectivity index (χ1n) is 5.09. The summed E-state index contributed by atoms with van der Waals surface area (Å²) in [4.78, 5) is 40.0. The number of carbonyl (C=O) groups excluding carboxylic acids is 3. The van der Waals surface area contributed by atoms with E-state index in [4.69, 9.17) is 5.84 Å². The topological polar surface area (TPSA) is 109 Å². The molecule has 0 radical (unpaired) electrons. The number of amides is 4. The molecule has 18 heavy (non-hydrogen) atoms. The van der Waals surface area contributed by atoms with Crippen molar-refractivity contribution in [1.29, 1.82) is 0 Å². The molecule has 0 aromatic carbocycles. The minimum absolute atomic E-state index is 0.00491. The van der Waals surface area contributed by atoms with Crippen molar-refractivity contribution in [2.24, 2.45) is 5.84 Å². The van der Waals surface area contributed by atoms with Gasteiger partial charge in [-0.1, -0.05) is 0 Å². The van der Waals surface area contributed by atoms with E-state index >= 15 is 0 Å². The monoisotopic (exact) mass is 249 g/mol. The van der Waals surface area contributed by atoms with Crippen LogP contribution >= 0.6 is 0 Å². The third kappa shape index (κ3) is 1.89. The van der Waals surface area contributed by atoms with Gasteiger partial charge in [0.05, 0.1) is 6.54 Å². The summed E-state index contributed by atoms with van der Waals surface area (Å²) in [5.41, 5.74) is 3.00. The molecule has 1 aliphatic rings. The highest BCUT2D eigenvalue weighted by Gasteiger charge is 2.41. The van der Waals surface area contributed by atoms with Crippen LogP contribution in [-0.2, 0) is 16.1 Å². The number of pyridine rings is 1. The second-order valence-corrected chi connectivity index (χ2v) is 3.73. The number of urea groups is 1. The first-order chi connectivity index (χ1) is 8.54. The molecule has 0 bridgehead atoms. The molecule has 0 aliphatic carbocycles. The Morgan fingerprint density at radius 1 is 1.33 bits per heavy atom. The number of rotatable bonds is 3. The summed E-state index contributed by atoms with van der Waals surface area (Å²) in [7, 11) is 1.27. The third-order valence-corrected chi connectivity index (χ3v) is 2.56. The number of imide groups is 2. The van der Waals surface area contributed by atoms with Crippen molar-refractivity contribution in [3.63, 3.8) is 0 Å². The molecule has 4 amide bonds. The van der Waals surface area contributed by atoms with E-state index in [2.05, 4.69) is 10.4 Å². The van der Waals surface area contributed by atoms with Gasteiger partial charge in [-0.05, 0) is 17.7 Å². The standard InChI is InChI=1S/C10H11N5O3/c1-14-8(16)9(17)15(10(14)18)5-6-2-3-12-7(4-6)13-11/h2-4H,5,11H2,1H3,(H,12,13). The fraction of sp³-hybridized carbons (Fsp3) is 0.200. The van der Waals surface area contributed by atoms with Gasteiger partial charge in [0.25, 0.3) is 0 Å². The number of nitrogens with one attached hydrogen (secondary N) is 1. The number of hydrogen-bond acceptors (Lipinski definition) is 6. The lowest BCUT2D eigenvalue weighted by Crippen LogP contribution is -2.31. The predicted octanol–water partition coefficient (Wildman–Crippen LogP) is -0.712. The van der Waals surface area contributed by atoms with Gasteiger partial charge in [0.2, 0.25) is 0 Å². The van der Waals surface area contributed by atoms with Gasteiger partial charge in [-0.3, -0.25) is 19.4 Å². The second kappa shape index (κ2) is 4.41. The quantitative estimate of drug-likeness (QED) is 0.317. The Balaban J connectivity index is 2.21. The van der Waals surface area contributed by atoms with Crippen molar-refractivity contribution in [1.82, 2.24) is 14.8 Å². The number of nitrogens with zero attached hydrogens (tertiary/aromatic N) is 3. The largest absolute Gasteiger partial charge is 0.334 e. The van der Waals surface area contributed by atoms with Crippen LogP contribution < -0.4 is 11.3 Å². The maximum absolute atomic E-state index is 11.6. The van der Waals surface area contributed by atoms with Gasteiger partial charge in [0.1, 0.15) is 5.82 Å². The summed E-state index contributed by atoms with van der Waals surface area (Å²) >= 11 is 0. The van der Waals surface area contributed by atoms with Crippen LogP contribution in [0.25, 0.3) is 0 Å². The first-order valence-corrected chi connectivity index (χ1v) is 5.09. The molecule has 1 aromatic rings. The van der Waals surface area contributed by atoms with Gasteiger partial charge in [-0.2, -0.15) is 0 Å². The third-order valence-electron chi connectivity index (χ3n) is 2.56. The van der Waals surface area contributed by atoms with Crippen LogP contribution in [0.15, 0.2) is 18.3 Å². The molecule has 1 aliphatic heterocycles. The van der Waals surface area contributed by atoms with Crippen molar-refractivity contribution in [3.8, 4) is 0 Å². The summed E-state index contributed by atoms with van der Waals surface area (Å²) in [6, 6.07) is 2.58. The minimum atomic E-state index is -0.832. The van der Waals surface area contributed by atoms with Crippen molar-refractivity contribution in [3.05, 3.63) is 23.9 Å². The molecule has 8 heteroatoms. The van der Waals surface area contributed by atoms with E-state index in [-0.39, 0.29) is 6.54 Å². The van der Waals surface area contributed by atoms with Crippen molar-refractivity contribution in [2.45, 2.75) is 6.54 Å². The predicted molar refractivity (Wildman–Crippen MR) is 60.8 cm³/mol. The van der Waals surface area contributed by atoms with E-state index < -0.39 is 17.8 Å². The molecule has 1 saturated heterocycles. The van der Waals surface area contributed by atoms with Crippen LogP contribution in [-0.4, -0.2) is 39.7 Å². The fourth-order valence-electron chi connectivity index (χ4n) is 1.59. The van der Waals surface area contributed by atoms with E-state index in [1.54, 1.807) is 12.1 Å². The number of aromatic nitrogens is 1. The van der Waals surface area contributed by atoms with Gasteiger partial charge >= 0.3 is 17.8 Å². The smallest absolute Gasteiger partial charge is 0.308 e. The van der Waals surface area contributed by atoms with Crippen molar-refractivity contribution >= 4 is 23.7 Å². The highest BCUT2D eigenvalue weighted by Crippen LogP contribution is 2.15. The molecular weight excluding hydrogens is 238 g/mol. The number of likely N-dealkylation sites (N-methyl/N-ethyl adjacent to an activating group) is 1. The first kappa shape index (κ1) is 12.0. The van der Waals surface area contributed by atoms with Crippen LogP contribution in [0.1, 0.15) is 5.56 Å². The Hall–Kier alpha value is -2.48. The zero-order chi connectivity index (χ0) is 13.3. The molecule has 2 rings (SSSR count). The van der Waals surface area contributed by atoms with Crippen LogP contribution in [0.3, 0.4) is 0 Å². The molecule has 8 nitrogen and oxygen atoms in total. The molecule has 1 aromatic heterocycles. The number of anilines is 1. The van der Waals surface area contributed by atoms with Gasteiger partial charge in [0, 0.05) is 13.2 Å². The summed E-state index contributed by atoms with van der Waals surface area (Å²) < 4.78 is 0. The molecule has 3 N–H and O–H groups in total. The maximum Gasteiger partial charge on any atom is 0.334 e. The summed E-state index contributed by atoms with van der Waals surface area (Å²) in [5.74, 6) is 3.95. The van der Waals surface area contributed by atoms with E-state index in [9.17, 15) is 14.4 Å². The van der Waals surface area contributed by atoms with Crippen LogP contribution in [0.2, 0.25) is 0 Å². The molecule has 2 heterocycles. The highest BCUT2D eigenvalue weighted by atomic mass is 16.2. The van der Waals surface area contributed by atoms with Gasteiger partial charge in [-0.25, -0.2) is 15.6 Å².